The third-order valence-corrected chi connectivity index (χ3v) is 5.20. The Morgan fingerprint density at radius 3 is 2.56 bits per heavy atom. The van der Waals surface area contributed by atoms with E-state index in [1.165, 1.54) is 0 Å². The van der Waals surface area contributed by atoms with Crippen molar-refractivity contribution in [2.24, 2.45) is 11.8 Å². The maximum atomic E-state index is 13.0. The van der Waals surface area contributed by atoms with E-state index >= 15 is 0 Å². The molecule has 2 atom stereocenters. The second-order valence-corrected chi connectivity index (χ2v) is 7.65. The van der Waals surface area contributed by atoms with Gasteiger partial charge < -0.3 is 15.5 Å². The summed E-state index contributed by atoms with van der Waals surface area (Å²) in [6.07, 6.45) is 8.08. The van der Waals surface area contributed by atoms with Gasteiger partial charge in [-0.05, 0) is 68.7 Å². The Balaban J connectivity index is 1.80. The largest absolute Gasteiger partial charge is 0.385 e. The van der Waals surface area contributed by atoms with E-state index in [1.54, 1.807) is 0 Å². The molecule has 1 aromatic carbocycles. The summed E-state index contributed by atoms with van der Waals surface area (Å²) in [6, 6.07) is 8.35. The highest BCUT2D eigenvalue weighted by molar-refractivity contribution is 5.53. The molecule has 1 aliphatic heterocycles. The number of rotatable bonds is 11. The summed E-state index contributed by atoms with van der Waals surface area (Å²) < 4.78 is 13.0. The Kier molecular flexibility index (Phi) is 9.23. The van der Waals surface area contributed by atoms with Crippen LogP contribution < -0.4 is 10.6 Å². The van der Waals surface area contributed by atoms with Crippen LogP contribution in [0.3, 0.4) is 0 Å². The van der Waals surface area contributed by atoms with Gasteiger partial charge in [0, 0.05) is 43.3 Å². The van der Waals surface area contributed by atoms with Gasteiger partial charge in [-0.1, -0.05) is 25.7 Å². The molecular formula is C23H36FN3. The molecule has 0 spiro atoms. The number of hydrogen-bond donors (Lipinski definition) is 2. The molecule has 1 aliphatic rings. The fraction of sp³-hybridized carbons (Fsp3) is 0.565. The molecule has 0 aromatic heterocycles. The second-order valence-electron chi connectivity index (χ2n) is 7.65. The van der Waals surface area contributed by atoms with Crippen LogP contribution >= 0.6 is 0 Å². The molecule has 0 saturated carbocycles. The summed E-state index contributed by atoms with van der Waals surface area (Å²) in [5, 5.41) is 6.77. The van der Waals surface area contributed by atoms with E-state index in [0.29, 0.717) is 18.3 Å². The standard InChI is InChI=1S/C23H36FN3/c1-4-25-22-8-10-23(11-9-22)26-15-13-21(12-14-24)17-20(3)27-16-6-5-7-19(2)18-27/h5-6,8-11,19,21,25-26H,3-4,7,12-18H2,1-2H3. The Hall–Kier alpha value is -1.97. The lowest BCUT2D eigenvalue weighted by Gasteiger charge is -2.29. The topological polar surface area (TPSA) is 27.3 Å². The maximum absolute atomic E-state index is 13.0. The quantitative estimate of drug-likeness (QED) is 0.487. The number of anilines is 2. The van der Waals surface area contributed by atoms with Gasteiger partial charge in [0.05, 0.1) is 6.67 Å². The third kappa shape index (κ3) is 7.66. The minimum Gasteiger partial charge on any atom is -0.385 e. The van der Waals surface area contributed by atoms with Gasteiger partial charge >= 0.3 is 0 Å². The monoisotopic (exact) mass is 373 g/mol. The number of benzene rings is 1. The van der Waals surface area contributed by atoms with Gasteiger partial charge in [-0.25, -0.2) is 0 Å². The lowest BCUT2D eigenvalue weighted by atomic mass is 9.95. The van der Waals surface area contributed by atoms with Gasteiger partial charge in [-0.15, -0.1) is 0 Å². The first kappa shape index (κ1) is 21.3. The van der Waals surface area contributed by atoms with Gasteiger partial charge in [0.15, 0.2) is 0 Å². The molecule has 2 N–H and O–H groups in total. The van der Waals surface area contributed by atoms with E-state index in [2.05, 4.69) is 72.4 Å². The predicted octanol–water partition coefficient (Wildman–Crippen LogP) is 5.70. The van der Waals surface area contributed by atoms with Gasteiger partial charge in [-0.2, -0.15) is 0 Å². The van der Waals surface area contributed by atoms with Crippen molar-refractivity contribution in [2.75, 3.05) is 43.5 Å². The molecular weight excluding hydrogens is 337 g/mol. The van der Waals surface area contributed by atoms with E-state index in [4.69, 9.17) is 0 Å². The zero-order valence-electron chi connectivity index (χ0n) is 17.0. The summed E-state index contributed by atoms with van der Waals surface area (Å²) >= 11 is 0. The first-order chi connectivity index (χ1) is 13.1. The van der Waals surface area contributed by atoms with Gasteiger partial charge in [0.2, 0.25) is 0 Å². The van der Waals surface area contributed by atoms with Gasteiger partial charge in [0.1, 0.15) is 0 Å². The molecule has 1 aromatic rings. The van der Waals surface area contributed by atoms with E-state index < -0.39 is 0 Å². The van der Waals surface area contributed by atoms with Crippen LogP contribution in [0.1, 0.15) is 39.5 Å². The predicted molar refractivity (Wildman–Crippen MR) is 116 cm³/mol. The summed E-state index contributed by atoms with van der Waals surface area (Å²) in [7, 11) is 0. The molecule has 0 amide bonds. The van der Waals surface area contributed by atoms with Crippen molar-refractivity contribution in [3.05, 3.63) is 48.7 Å². The zero-order chi connectivity index (χ0) is 19.5. The molecule has 27 heavy (non-hydrogen) atoms. The number of hydrogen-bond acceptors (Lipinski definition) is 3. The van der Waals surface area contributed by atoms with Crippen LogP contribution in [-0.4, -0.2) is 37.8 Å². The van der Waals surface area contributed by atoms with Crippen LogP contribution in [0.5, 0.6) is 0 Å². The van der Waals surface area contributed by atoms with Crippen molar-refractivity contribution < 1.29 is 4.39 Å². The molecule has 0 aliphatic carbocycles. The molecule has 0 fully saturated rings. The second kappa shape index (κ2) is 11.7. The molecule has 150 valence electrons. The Labute approximate surface area is 164 Å². The fourth-order valence-electron chi connectivity index (χ4n) is 3.61. The normalized spacial score (nSPS) is 18.0. The minimum atomic E-state index is -0.258. The minimum absolute atomic E-state index is 0.258. The number of nitrogens with zero attached hydrogens (tertiary/aromatic N) is 1. The third-order valence-electron chi connectivity index (χ3n) is 5.20. The first-order valence-electron chi connectivity index (χ1n) is 10.3. The Morgan fingerprint density at radius 2 is 1.89 bits per heavy atom. The van der Waals surface area contributed by atoms with Crippen molar-refractivity contribution in [1.82, 2.24) is 4.90 Å². The summed E-state index contributed by atoms with van der Waals surface area (Å²) in [5.74, 6) is 0.977. The number of nitrogens with one attached hydrogen (secondary N) is 2. The van der Waals surface area contributed by atoms with E-state index in [0.717, 1.165) is 62.5 Å². The number of alkyl halides is 1. The van der Waals surface area contributed by atoms with E-state index in [9.17, 15) is 4.39 Å². The lowest BCUT2D eigenvalue weighted by molar-refractivity contribution is 0.291. The van der Waals surface area contributed by atoms with Crippen molar-refractivity contribution in [3.8, 4) is 0 Å². The van der Waals surface area contributed by atoms with Gasteiger partial charge in [-0.3, -0.25) is 4.39 Å². The van der Waals surface area contributed by atoms with Crippen molar-refractivity contribution in [2.45, 2.75) is 39.5 Å². The number of allylic oxidation sites excluding steroid dienone is 2. The van der Waals surface area contributed by atoms with Crippen LogP contribution in [0.15, 0.2) is 48.7 Å². The Bertz CT molecular complexity index is 582. The Morgan fingerprint density at radius 1 is 1.19 bits per heavy atom. The van der Waals surface area contributed by atoms with Crippen LogP contribution in [0.2, 0.25) is 0 Å². The average molecular weight is 374 g/mol. The molecule has 3 nitrogen and oxygen atoms in total. The summed E-state index contributed by atoms with van der Waals surface area (Å²) in [6.45, 7) is 12.2. The van der Waals surface area contributed by atoms with Crippen LogP contribution in [0.4, 0.5) is 15.8 Å². The van der Waals surface area contributed by atoms with Crippen molar-refractivity contribution in [1.29, 1.82) is 0 Å². The molecule has 2 unspecified atom stereocenters. The maximum Gasteiger partial charge on any atom is 0.0897 e. The van der Waals surface area contributed by atoms with Crippen LogP contribution in [-0.2, 0) is 0 Å². The molecule has 4 heteroatoms. The average Bonchev–Trinajstić information content (AvgIpc) is 2.88. The van der Waals surface area contributed by atoms with Crippen LogP contribution in [0, 0.1) is 11.8 Å². The van der Waals surface area contributed by atoms with Crippen molar-refractivity contribution >= 4 is 11.4 Å². The summed E-state index contributed by atoms with van der Waals surface area (Å²) in [5.41, 5.74) is 3.40. The first-order valence-corrected chi connectivity index (χ1v) is 10.3. The SMILES string of the molecule is C=C(CC(CCF)CCNc1ccc(NCC)cc1)N1CC=CCC(C)C1. The van der Waals surface area contributed by atoms with E-state index in [1.807, 2.05) is 0 Å². The lowest BCUT2D eigenvalue weighted by Crippen LogP contribution is -2.28. The smallest absolute Gasteiger partial charge is 0.0897 e. The summed E-state index contributed by atoms with van der Waals surface area (Å²) in [4.78, 5) is 2.37. The van der Waals surface area contributed by atoms with Crippen molar-refractivity contribution in [3.63, 3.8) is 0 Å². The highest BCUT2D eigenvalue weighted by Gasteiger charge is 2.17. The van der Waals surface area contributed by atoms with E-state index in [-0.39, 0.29) is 6.67 Å². The molecule has 1 heterocycles. The highest BCUT2D eigenvalue weighted by Crippen LogP contribution is 2.24. The molecule has 0 bridgehead atoms. The fourth-order valence-corrected chi connectivity index (χ4v) is 3.61. The van der Waals surface area contributed by atoms with Crippen LogP contribution in [0.25, 0.3) is 0 Å². The molecule has 0 radical (unpaired) electrons. The van der Waals surface area contributed by atoms with Gasteiger partial charge in [0.25, 0.3) is 0 Å². The molecule has 0 saturated heterocycles. The highest BCUT2D eigenvalue weighted by atomic mass is 19.1. The molecule has 2 rings (SSSR count). The number of halogens is 1. The zero-order valence-corrected chi connectivity index (χ0v) is 17.0.